The molecule has 6 nitrogen and oxygen atoms in total. The molecule has 1 unspecified atom stereocenters. The monoisotopic (exact) mass is 298 g/mol. The number of rotatable bonds is 6. The summed E-state index contributed by atoms with van der Waals surface area (Å²) in [6.07, 6.45) is 5.86. The highest BCUT2D eigenvalue weighted by molar-refractivity contribution is 7.90. The van der Waals surface area contributed by atoms with Gasteiger partial charge in [0, 0.05) is 31.6 Å². The Balaban J connectivity index is 1.76. The number of sulfone groups is 1. The van der Waals surface area contributed by atoms with E-state index in [1.807, 2.05) is 12.1 Å². The molecule has 0 radical (unpaired) electrons. The molecule has 1 aromatic rings. The summed E-state index contributed by atoms with van der Waals surface area (Å²) in [5.41, 5.74) is 0. The van der Waals surface area contributed by atoms with Crippen LogP contribution in [-0.2, 0) is 9.84 Å². The molecule has 1 aromatic heterocycles. The van der Waals surface area contributed by atoms with Crippen LogP contribution in [-0.4, -0.2) is 56.3 Å². The number of anilines is 1. The number of aromatic nitrogens is 2. The summed E-state index contributed by atoms with van der Waals surface area (Å²) in [5.74, 6) is 1.16. The lowest BCUT2D eigenvalue weighted by Crippen LogP contribution is -2.46. The molecule has 0 aromatic carbocycles. The maximum Gasteiger partial charge on any atom is 0.151 e. The van der Waals surface area contributed by atoms with E-state index in [1.165, 1.54) is 6.26 Å². The molecule has 0 bridgehead atoms. The second-order valence-electron chi connectivity index (χ2n) is 5.30. The van der Waals surface area contributed by atoms with E-state index in [-0.39, 0.29) is 5.75 Å². The van der Waals surface area contributed by atoms with E-state index in [0.717, 1.165) is 38.3 Å². The normalized spacial score (nSPS) is 20.1. The van der Waals surface area contributed by atoms with Crippen LogP contribution in [0.15, 0.2) is 18.3 Å². The van der Waals surface area contributed by atoms with Crippen LogP contribution in [0.1, 0.15) is 19.3 Å². The Labute approximate surface area is 120 Å². The van der Waals surface area contributed by atoms with Gasteiger partial charge in [-0.05, 0) is 37.9 Å². The van der Waals surface area contributed by atoms with Crippen molar-refractivity contribution in [2.45, 2.75) is 25.3 Å². The lowest BCUT2D eigenvalue weighted by atomic mass is 10.1. The Morgan fingerprint density at radius 3 is 3.05 bits per heavy atom. The quantitative estimate of drug-likeness (QED) is 0.770. The Kier molecular flexibility index (Phi) is 5.31. The molecule has 1 N–H and O–H groups in total. The lowest BCUT2D eigenvalue weighted by molar-refractivity contribution is 0.421. The molecule has 0 aliphatic carbocycles. The zero-order valence-corrected chi connectivity index (χ0v) is 12.6. The van der Waals surface area contributed by atoms with E-state index in [0.29, 0.717) is 12.5 Å². The van der Waals surface area contributed by atoms with Gasteiger partial charge in [0.2, 0.25) is 0 Å². The fraction of sp³-hybridized carbons (Fsp3) is 0.692. The molecule has 0 amide bonds. The summed E-state index contributed by atoms with van der Waals surface area (Å²) in [6, 6.07) is 4.26. The van der Waals surface area contributed by atoms with Crippen molar-refractivity contribution in [2.24, 2.45) is 0 Å². The molecule has 1 aliphatic heterocycles. The fourth-order valence-corrected chi connectivity index (χ4v) is 3.12. The molecule has 1 saturated heterocycles. The van der Waals surface area contributed by atoms with Gasteiger partial charge >= 0.3 is 0 Å². The van der Waals surface area contributed by atoms with Crippen molar-refractivity contribution in [1.82, 2.24) is 15.5 Å². The summed E-state index contributed by atoms with van der Waals surface area (Å²) < 4.78 is 22.1. The number of hydrogen-bond acceptors (Lipinski definition) is 6. The molecule has 112 valence electrons. The maximum atomic E-state index is 11.1. The number of hydrogen-bond donors (Lipinski definition) is 1. The van der Waals surface area contributed by atoms with Gasteiger partial charge in [0.05, 0.1) is 5.75 Å². The van der Waals surface area contributed by atoms with Gasteiger partial charge in [0.15, 0.2) is 5.82 Å². The van der Waals surface area contributed by atoms with Gasteiger partial charge in [-0.1, -0.05) is 0 Å². The molecule has 1 aliphatic rings. The summed E-state index contributed by atoms with van der Waals surface area (Å²) in [5, 5.41) is 11.5. The number of piperidine rings is 1. The number of nitrogens with one attached hydrogen (secondary N) is 1. The van der Waals surface area contributed by atoms with Crippen molar-refractivity contribution >= 4 is 15.7 Å². The van der Waals surface area contributed by atoms with Gasteiger partial charge in [-0.2, -0.15) is 5.10 Å². The van der Waals surface area contributed by atoms with Gasteiger partial charge in [0.25, 0.3) is 0 Å². The zero-order valence-electron chi connectivity index (χ0n) is 11.8. The van der Waals surface area contributed by atoms with Crippen LogP contribution in [0, 0.1) is 0 Å². The van der Waals surface area contributed by atoms with Crippen molar-refractivity contribution in [3.05, 3.63) is 18.3 Å². The highest BCUT2D eigenvalue weighted by atomic mass is 32.2. The highest BCUT2D eigenvalue weighted by Gasteiger charge is 2.20. The Hall–Kier alpha value is -1.21. The minimum Gasteiger partial charge on any atom is -0.354 e. The van der Waals surface area contributed by atoms with Crippen molar-refractivity contribution < 1.29 is 8.42 Å². The van der Waals surface area contributed by atoms with Crippen LogP contribution in [0.3, 0.4) is 0 Å². The molecule has 7 heteroatoms. The molecule has 0 spiro atoms. The van der Waals surface area contributed by atoms with Crippen molar-refractivity contribution in [3.8, 4) is 0 Å². The third-order valence-corrected chi connectivity index (χ3v) is 4.46. The first-order valence-corrected chi connectivity index (χ1v) is 9.04. The Morgan fingerprint density at radius 2 is 2.35 bits per heavy atom. The van der Waals surface area contributed by atoms with Crippen LogP contribution >= 0.6 is 0 Å². The standard InChI is InChI=1S/C13H22N4O2S/c1-20(18,19)10-4-7-14-12-5-3-9-17(11-12)13-6-2-8-15-16-13/h2,6,8,12,14H,3-5,7,9-11H2,1H3. The van der Waals surface area contributed by atoms with E-state index in [9.17, 15) is 8.42 Å². The number of nitrogens with zero attached hydrogens (tertiary/aromatic N) is 3. The minimum absolute atomic E-state index is 0.251. The van der Waals surface area contributed by atoms with E-state index >= 15 is 0 Å². The molecule has 1 atom stereocenters. The van der Waals surface area contributed by atoms with Crippen molar-refractivity contribution in [3.63, 3.8) is 0 Å². The minimum atomic E-state index is -2.85. The van der Waals surface area contributed by atoms with Crippen LogP contribution < -0.4 is 10.2 Å². The van der Waals surface area contributed by atoms with Gasteiger partial charge in [-0.3, -0.25) is 0 Å². The molecular formula is C13H22N4O2S. The average molecular weight is 298 g/mol. The first-order chi connectivity index (χ1) is 9.54. The third-order valence-electron chi connectivity index (χ3n) is 3.43. The predicted octanol–water partition coefficient (Wildman–Crippen LogP) is 0.470. The van der Waals surface area contributed by atoms with Crippen LogP contribution in [0.2, 0.25) is 0 Å². The first-order valence-electron chi connectivity index (χ1n) is 6.98. The lowest BCUT2D eigenvalue weighted by Gasteiger charge is -2.33. The van der Waals surface area contributed by atoms with E-state index in [2.05, 4.69) is 20.4 Å². The zero-order chi connectivity index (χ0) is 14.4. The molecule has 2 rings (SSSR count). The molecule has 0 saturated carbocycles. The van der Waals surface area contributed by atoms with Crippen LogP contribution in [0.5, 0.6) is 0 Å². The van der Waals surface area contributed by atoms with Gasteiger partial charge < -0.3 is 10.2 Å². The second-order valence-corrected chi connectivity index (χ2v) is 7.56. The third kappa shape index (κ3) is 5.05. The largest absolute Gasteiger partial charge is 0.354 e. The first kappa shape index (κ1) is 15.2. The topological polar surface area (TPSA) is 75.2 Å². The van der Waals surface area contributed by atoms with Gasteiger partial charge in [-0.15, -0.1) is 5.10 Å². The average Bonchev–Trinajstić information content (AvgIpc) is 2.44. The van der Waals surface area contributed by atoms with Gasteiger partial charge in [0.1, 0.15) is 9.84 Å². The SMILES string of the molecule is CS(=O)(=O)CCCNC1CCCN(c2cccnn2)C1. The summed E-state index contributed by atoms with van der Waals surface area (Å²) in [6.45, 7) is 2.64. The Bertz CT molecular complexity index is 506. The second kappa shape index (κ2) is 6.99. The van der Waals surface area contributed by atoms with E-state index in [4.69, 9.17) is 0 Å². The molecule has 1 fully saturated rings. The predicted molar refractivity (Wildman–Crippen MR) is 79.6 cm³/mol. The van der Waals surface area contributed by atoms with Crippen molar-refractivity contribution in [1.29, 1.82) is 0 Å². The van der Waals surface area contributed by atoms with Crippen LogP contribution in [0.4, 0.5) is 5.82 Å². The molecular weight excluding hydrogens is 276 g/mol. The van der Waals surface area contributed by atoms with E-state index in [1.54, 1.807) is 6.20 Å². The molecule has 20 heavy (non-hydrogen) atoms. The van der Waals surface area contributed by atoms with Crippen molar-refractivity contribution in [2.75, 3.05) is 36.5 Å². The van der Waals surface area contributed by atoms with Gasteiger partial charge in [-0.25, -0.2) is 8.42 Å². The maximum absolute atomic E-state index is 11.1. The van der Waals surface area contributed by atoms with E-state index < -0.39 is 9.84 Å². The summed E-state index contributed by atoms with van der Waals surface area (Å²) in [4.78, 5) is 2.23. The van der Waals surface area contributed by atoms with Crippen LogP contribution in [0.25, 0.3) is 0 Å². The summed E-state index contributed by atoms with van der Waals surface area (Å²) >= 11 is 0. The Morgan fingerprint density at radius 1 is 1.50 bits per heavy atom. The summed E-state index contributed by atoms with van der Waals surface area (Å²) in [7, 11) is -2.85. The molecule has 2 heterocycles. The smallest absolute Gasteiger partial charge is 0.151 e. The highest BCUT2D eigenvalue weighted by Crippen LogP contribution is 2.16. The fourth-order valence-electron chi connectivity index (χ4n) is 2.45.